The second kappa shape index (κ2) is 8.36. The van der Waals surface area contributed by atoms with Crippen LogP contribution in [-0.4, -0.2) is 38.4 Å². The van der Waals surface area contributed by atoms with E-state index in [0.717, 1.165) is 12.8 Å². The molecule has 1 N–H and O–H groups in total. The van der Waals surface area contributed by atoms with Gasteiger partial charge in [-0.05, 0) is 12.8 Å². The molecule has 0 aliphatic rings. The number of hydrogen-bond acceptors (Lipinski definition) is 3. The van der Waals surface area contributed by atoms with Gasteiger partial charge in [0.15, 0.2) is 9.84 Å². The van der Waals surface area contributed by atoms with Gasteiger partial charge in [-0.25, -0.2) is 8.42 Å². The predicted octanol–water partition coefficient (Wildman–Crippen LogP) is 1.81. The van der Waals surface area contributed by atoms with Crippen molar-refractivity contribution in [2.45, 2.75) is 38.5 Å². The summed E-state index contributed by atoms with van der Waals surface area (Å²) in [5.41, 5.74) is 0. The Morgan fingerprint density at radius 1 is 1.20 bits per heavy atom. The van der Waals surface area contributed by atoms with Crippen LogP contribution in [0.25, 0.3) is 0 Å². The molecule has 3 nitrogen and oxygen atoms in total. The molecule has 0 aliphatic carbocycles. The summed E-state index contributed by atoms with van der Waals surface area (Å²) in [6, 6.07) is 0. The van der Waals surface area contributed by atoms with Gasteiger partial charge in [-0.1, -0.05) is 20.3 Å². The summed E-state index contributed by atoms with van der Waals surface area (Å²) in [6.45, 7) is 5.16. The van der Waals surface area contributed by atoms with Gasteiger partial charge < -0.3 is 5.32 Å². The van der Waals surface area contributed by atoms with E-state index in [1.54, 1.807) is 0 Å². The van der Waals surface area contributed by atoms with E-state index in [9.17, 15) is 8.42 Å². The van der Waals surface area contributed by atoms with Crippen LogP contribution < -0.4 is 5.32 Å². The lowest BCUT2D eigenvalue weighted by Gasteiger charge is -2.09. The molecular weight excluding hydrogens is 234 g/mol. The number of halogens is 1. The average Bonchev–Trinajstić information content (AvgIpc) is 2.13. The summed E-state index contributed by atoms with van der Waals surface area (Å²) in [4.78, 5) is 0. The van der Waals surface area contributed by atoms with Crippen molar-refractivity contribution >= 4 is 21.4 Å². The molecule has 0 amide bonds. The predicted molar refractivity (Wildman–Crippen MR) is 66.4 cm³/mol. The lowest BCUT2D eigenvalue weighted by Crippen LogP contribution is -2.29. The molecule has 0 fully saturated rings. The molecule has 92 valence electrons. The van der Waals surface area contributed by atoms with Crippen LogP contribution in [0.3, 0.4) is 0 Å². The average molecular weight is 256 g/mol. The van der Waals surface area contributed by atoms with Gasteiger partial charge in [0.2, 0.25) is 0 Å². The first-order valence-corrected chi connectivity index (χ1v) is 7.82. The van der Waals surface area contributed by atoms with E-state index in [0.29, 0.717) is 19.5 Å². The van der Waals surface area contributed by atoms with Crippen LogP contribution in [0.5, 0.6) is 0 Å². The van der Waals surface area contributed by atoms with Crippen LogP contribution in [-0.2, 0) is 9.84 Å². The highest BCUT2D eigenvalue weighted by atomic mass is 35.5. The van der Waals surface area contributed by atoms with E-state index < -0.39 is 9.84 Å². The first kappa shape index (κ1) is 15.2. The topological polar surface area (TPSA) is 46.2 Å². The van der Waals surface area contributed by atoms with Gasteiger partial charge in [-0.2, -0.15) is 0 Å². The molecular formula is C10H22ClNO2S. The molecule has 0 aromatic carbocycles. The van der Waals surface area contributed by atoms with Crippen LogP contribution in [0, 0.1) is 0 Å². The maximum atomic E-state index is 11.3. The Hall–Kier alpha value is 0.200. The van der Waals surface area contributed by atoms with Crippen LogP contribution in [0.2, 0.25) is 0 Å². The Balaban J connectivity index is 3.54. The van der Waals surface area contributed by atoms with Crippen molar-refractivity contribution in [2.24, 2.45) is 0 Å². The molecule has 1 unspecified atom stereocenters. The van der Waals surface area contributed by atoms with Crippen LogP contribution in [0.4, 0.5) is 0 Å². The van der Waals surface area contributed by atoms with Gasteiger partial charge in [0.25, 0.3) is 0 Å². The van der Waals surface area contributed by atoms with E-state index in [-0.39, 0.29) is 16.9 Å². The van der Waals surface area contributed by atoms with Crippen molar-refractivity contribution in [3.8, 4) is 0 Å². The highest BCUT2D eigenvalue weighted by Crippen LogP contribution is 2.02. The number of nitrogens with one attached hydrogen (secondary N) is 1. The van der Waals surface area contributed by atoms with Crippen LogP contribution in [0.15, 0.2) is 0 Å². The summed E-state index contributed by atoms with van der Waals surface area (Å²) in [5.74, 6) is 0.504. The van der Waals surface area contributed by atoms with Gasteiger partial charge in [0.05, 0.1) is 5.75 Å². The number of rotatable bonds is 9. The van der Waals surface area contributed by atoms with Crippen LogP contribution in [0.1, 0.15) is 33.1 Å². The van der Waals surface area contributed by atoms with Crippen molar-refractivity contribution in [2.75, 3.05) is 24.6 Å². The number of alkyl halides is 1. The fourth-order valence-corrected chi connectivity index (χ4v) is 2.92. The Kier molecular flexibility index (Phi) is 8.47. The molecule has 15 heavy (non-hydrogen) atoms. The lowest BCUT2D eigenvalue weighted by molar-refractivity contribution is 0.586. The van der Waals surface area contributed by atoms with Gasteiger partial charge >= 0.3 is 0 Å². The molecule has 0 aromatic heterocycles. The lowest BCUT2D eigenvalue weighted by atomic mass is 10.2. The Labute approximate surface area is 98.5 Å². The smallest absolute Gasteiger partial charge is 0.151 e. The quantitative estimate of drug-likeness (QED) is 0.505. The first-order valence-electron chi connectivity index (χ1n) is 5.57. The summed E-state index contributed by atoms with van der Waals surface area (Å²) in [5, 5.41) is 3.19. The highest BCUT2D eigenvalue weighted by molar-refractivity contribution is 7.91. The molecule has 5 heteroatoms. The minimum atomic E-state index is -2.85. The van der Waals surface area contributed by atoms with Crippen molar-refractivity contribution < 1.29 is 8.42 Å². The van der Waals surface area contributed by atoms with Crippen molar-refractivity contribution in [3.63, 3.8) is 0 Å². The Morgan fingerprint density at radius 2 is 1.87 bits per heavy atom. The molecule has 0 radical (unpaired) electrons. The minimum Gasteiger partial charge on any atom is -0.314 e. The maximum Gasteiger partial charge on any atom is 0.151 e. The molecule has 0 saturated heterocycles. The zero-order valence-electron chi connectivity index (χ0n) is 9.63. The fraction of sp³-hybridized carbons (Fsp3) is 1.00. The molecule has 0 aromatic rings. The summed E-state index contributed by atoms with van der Waals surface area (Å²) < 4.78 is 22.7. The van der Waals surface area contributed by atoms with E-state index in [1.807, 2.05) is 6.92 Å². The molecule has 0 bridgehead atoms. The zero-order chi connectivity index (χ0) is 11.7. The van der Waals surface area contributed by atoms with E-state index in [1.165, 1.54) is 0 Å². The summed E-state index contributed by atoms with van der Waals surface area (Å²) in [7, 11) is -2.85. The van der Waals surface area contributed by atoms with E-state index in [4.69, 9.17) is 11.6 Å². The standard InChI is InChI=1S/C10H22ClNO2S/c1-3-5-10(11)9-12-6-8-15(13,14)7-4-2/h10,12H,3-9H2,1-2H3. The first-order chi connectivity index (χ1) is 7.02. The third-order valence-electron chi connectivity index (χ3n) is 2.07. The number of hydrogen-bond donors (Lipinski definition) is 1. The molecule has 0 saturated carbocycles. The van der Waals surface area contributed by atoms with Gasteiger partial charge in [-0.3, -0.25) is 0 Å². The van der Waals surface area contributed by atoms with Crippen molar-refractivity contribution in [1.29, 1.82) is 0 Å². The second-order valence-electron chi connectivity index (χ2n) is 3.74. The third-order valence-corrected chi connectivity index (χ3v) is 4.30. The zero-order valence-corrected chi connectivity index (χ0v) is 11.2. The fourth-order valence-electron chi connectivity index (χ4n) is 1.31. The molecule has 0 aliphatic heterocycles. The van der Waals surface area contributed by atoms with Gasteiger partial charge in [0.1, 0.15) is 0 Å². The Morgan fingerprint density at radius 3 is 2.40 bits per heavy atom. The largest absolute Gasteiger partial charge is 0.314 e. The summed E-state index contributed by atoms with van der Waals surface area (Å²) >= 11 is 5.98. The maximum absolute atomic E-state index is 11.3. The van der Waals surface area contributed by atoms with Crippen molar-refractivity contribution in [3.05, 3.63) is 0 Å². The highest BCUT2D eigenvalue weighted by Gasteiger charge is 2.09. The monoisotopic (exact) mass is 255 g/mol. The van der Waals surface area contributed by atoms with Crippen molar-refractivity contribution in [1.82, 2.24) is 5.32 Å². The van der Waals surface area contributed by atoms with Gasteiger partial charge in [-0.15, -0.1) is 11.6 Å². The second-order valence-corrected chi connectivity index (χ2v) is 6.66. The SMILES string of the molecule is CCCC(Cl)CNCCS(=O)(=O)CCC. The summed E-state index contributed by atoms with van der Waals surface area (Å²) in [6.07, 6.45) is 2.72. The van der Waals surface area contributed by atoms with E-state index >= 15 is 0 Å². The third kappa shape index (κ3) is 9.15. The molecule has 0 rings (SSSR count). The van der Waals surface area contributed by atoms with Crippen LogP contribution >= 0.6 is 11.6 Å². The minimum absolute atomic E-state index is 0.115. The molecule has 0 heterocycles. The normalized spacial score (nSPS) is 14.1. The molecule has 0 spiro atoms. The van der Waals surface area contributed by atoms with Gasteiger partial charge in [0, 0.05) is 24.2 Å². The Bertz CT molecular complexity index is 242. The molecule has 1 atom stereocenters. The van der Waals surface area contributed by atoms with E-state index in [2.05, 4.69) is 12.2 Å². The number of sulfone groups is 1.